The molecule has 0 bridgehead atoms. The van der Waals surface area contributed by atoms with Gasteiger partial charge in [-0.1, -0.05) is 96.1 Å². The fourth-order valence-corrected chi connectivity index (χ4v) is 7.61. The van der Waals surface area contributed by atoms with E-state index in [1.165, 1.54) is 11.9 Å². The Kier molecular flexibility index (Phi) is 17.7. The van der Waals surface area contributed by atoms with Gasteiger partial charge in [0.15, 0.2) is 18.5 Å². The Hall–Kier alpha value is -6.89. The van der Waals surface area contributed by atoms with Crippen LogP contribution in [-0.4, -0.2) is 108 Å². The average molecular weight is 889 g/mol. The Balaban J connectivity index is 1.51. The first-order valence-electron chi connectivity index (χ1n) is 20.5. The highest BCUT2D eigenvalue weighted by Crippen LogP contribution is 2.38. The van der Waals surface area contributed by atoms with Crippen molar-refractivity contribution in [2.75, 3.05) is 7.05 Å². The van der Waals surface area contributed by atoms with Gasteiger partial charge >= 0.3 is 36.2 Å². The van der Waals surface area contributed by atoms with Gasteiger partial charge in [-0.05, 0) is 42.0 Å². The Labute approximate surface area is 369 Å². The summed E-state index contributed by atoms with van der Waals surface area (Å²) in [7, 11) is 1.52. The molecule has 3 amide bonds. The standard InChI is InChI=1S/C44H52N6O14/c1-26(50(4)44(57)60-25-31-18-12-7-13-19-31)34-21-20-33(48-49-45)41(63-34)64-39-37(47-43(56)59-24-30-16-10-6-11-17-30)32(22-35(53)54)36(38(61-27(2)51)40(39)62-28(3)52)46-42(55)58-23-29-14-8-5-9-15-29/h5-19,26,32-34,36-41H,20-25H2,1-4H3,(H,46,55)(H,47,56)(H,53,54)/t26-,32+,33+,34-,36+,37-,38-,39+,40+,41?/m0/s1. The number of carboxylic acid groups (broad SMARTS) is 1. The molecule has 3 N–H and O–H groups in total. The van der Waals surface area contributed by atoms with Gasteiger partial charge in [0.2, 0.25) is 0 Å². The van der Waals surface area contributed by atoms with Gasteiger partial charge in [0, 0.05) is 31.7 Å². The molecule has 1 aliphatic carbocycles. The molecule has 3 aromatic rings. The molecule has 0 aromatic heterocycles. The molecule has 10 atom stereocenters. The molecule has 342 valence electrons. The van der Waals surface area contributed by atoms with E-state index >= 15 is 0 Å². The number of likely N-dealkylation sites (N-methyl/N-ethyl adjacent to an activating group) is 1. The quantitative estimate of drug-likeness (QED) is 0.0478. The van der Waals surface area contributed by atoms with Crippen LogP contribution in [0.3, 0.4) is 0 Å². The predicted molar refractivity (Wildman–Crippen MR) is 224 cm³/mol. The Bertz CT molecular complexity index is 2090. The molecule has 2 aliphatic rings. The number of ether oxygens (including phenoxy) is 7. The van der Waals surface area contributed by atoms with Crippen LogP contribution in [0.1, 0.15) is 56.7 Å². The highest BCUT2D eigenvalue weighted by Gasteiger charge is 2.58. The van der Waals surface area contributed by atoms with E-state index in [0.29, 0.717) is 11.1 Å². The number of esters is 2. The second-order valence-corrected chi connectivity index (χ2v) is 15.3. The number of benzene rings is 3. The number of carbonyl (C=O) groups is 6. The van der Waals surface area contributed by atoms with Gasteiger partial charge in [-0.25, -0.2) is 14.4 Å². The second kappa shape index (κ2) is 23.5. The lowest BCUT2D eigenvalue weighted by molar-refractivity contribution is -0.270. The highest BCUT2D eigenvalue weighted by atomic mass is 16.7. The second-order valence-electron chi connectivity index (χ2n) is 15.3. The van der Waals surface area contributed by atoms with Crippen LogP contribution in [0.5, 0.6) is 0 Å². The lowest BCUT2D eigenvalue weighted by atomic mass is 9.73. The maximum atomic E-state index is 13.7. The van der Waals surface area contributed by atoms with Gasteiger partial charge in [0.25, 0.3) is 0 Å². The molecule has 2 fully saturated rings. The van der Waals surface area contributed by atoms with E-state index in [4.69, 9.17) is 33.2 Å². The van der Waals surface area contributed by atoms with Crippen LogP contribution >= 0.6 is 0 Å². The molecule has 20 heteroatoms. The van der Waals surface area contributed by atoms with E-state index in [9.17, 15) is 39.4 Å². The molecule has 1 aliphatic heterocycles. The number of aliphatic carboxylic acids is 1. The summed E-state index contributed by atoms with van der Waals surface area (Å²) in [5.74, 6) is -4.64. The number of rotatable bonds is 17. The Morgan fingerprint density at radius 3 is 1.69 bits per heavy atom. The smallest absolute Gasteiger partial charge is 0.410 e. The van der Waals surface area contributed by atoms with Gasteiger partial charge in [-0.15, -0.1) is 0 Å². The van der Waals surface area contributed by atoms with E-state index in [1.54, 1.807) is 79.7 Å². The van der Waals surface area contributed by atoms with Gasteiger partial charge in [0.05, 0.1) is 36.7 Å². The lowest BCUT2D eigenvalue weighted by Gasteiger charge is -2.51. The number of carboxylic acids is 1. The number of hydrogen-bond donors (Lipinski definition) is 3. The summed E-state index contributed by atoms with van der Waals surface area (Å²) >= 11 is 0. The van der Waals surface area contributed by atoms with E-state index < -0.39 is 103 Å². The topological polar surface area (TPSA) is 263 Å². The molecule has 1 saturated heterocycles. The van der Waals surface area contributed by atoms with Crippen molar-refractivity contribution in [2.24, 2.45) is 11.0 Å². The number of nitrogens with zero attached hydrogens (tertiary/aromatic N) is 4. The van der Waals surface area contributed by atoms with E-state index in [0.717, 1.165) is 19.4 Å². The summed E-state index contributed by atoms with van der Waals surface area (Å²) < 4.78 is 41.1. The number of amides is 3. The summed E-state index contributed by atoms with van der Waals surface area (Å²) in [5, 5.41) is 19.5. The summed E-state index contributed by atoms with van der Waals surface area (Å²) in [4.78, 5) is 83.2. The fraction of sp³-hybridized carbons (Fsp3) is 0.455. The monoisotopic (exact) mass is 888 g/mol. The molecule has 20 nitrogen and oxygen atoms in total. The van der Waals surface area contributed by atoms with Crippen molar-refractivity contribution in [3.63, 3.8) is 0 Å². The number of carbonyl (C=O) groups excluding carboxylic acids is 5. The van der Waals surface area contributed by atoms with Crippen LogP contribution < -0.4 is 10.6 Å². The molecule has 1 saturated carbocycles. The number of azide groups is 1. The summed E-state index contributed by atoms with van der Waals surface area (Å²) in [6, 6.07) is 21.6. The third kappa shape index (κ3) is 13.8. The molecule has 0 spiro atoms. The van der Waals surface area contributed by atoms with Crippen molar-refractivity contribution in [2.45, 2.75) is 115 Å². The summed E-state index contributed by atoms with van der Waals surface area (Å²) in [5.41, 5.74) is 11.6. The Morgan fingerprint density at radius 1 is 0.750 bits per heavy atom. The van der Waals surface area contributed by atoms with Crippen molar-refractivity contribution in [1.29, 1.82) is 0 Å². The molecule has 1 heterocycles. The van der Waals surface area contributed by atoms with E-state index in [-0.39, 0.29) is 32.7 Å². The molecule has 64 heavy (non-hydrogen) atoms. The maximum absolute atomic E-state index is 13.7. The van der Waals surface area contributed by atoms with E-state index in [1.807, 2.05) is 18.2 Å². The van der Waals surface area contributed by atoms with Crippen LogP contribution in [0.2, 0.25) is 0 Å². The van der Waals surface area contributed by atoms with Gasteiger partial charge in [-0.2, -0.15) is 0 Å². The van der Waals surface area contributed by atoms with Crippen molar-refractivity contribution < 1.29 is 67.0 Å². The molecule has 5 rings (SSSR count). The fourth-order valence-electron chi connectivity index (χ4n) is 7.61. The minimum atomic E-state index is -1.70. The van der Waals surface area contributed by atoms with Gasteiger partial charge in [-0.3, -0.25) is 14.4 Å². The van der Waals surface area contributed by atoms with Crippen LogP contribution in [-0.2, 0) is 67.4 Å². The predicted octanol–water partition coefficient (Wildman–Crippen LogP) is 5.77. The molecule has 3 aromatic carbocycles. The highest BCUT2D eigenvalue weighted by molar-refractivity contribution is 5.72. The van der Waals surface area contributed by atoms with Crippen LogP contribution in [0, 0.1) is 5.92 Å². The van der Waals surface area contributed by atoms with Crippen molar-refractivity contribution >= 4 is 36.2 Å². The van der Waals surface area contributed by atoms with Crippen molar-refractivity contribution in [3.8, 4) is 0 Å². The first-order valence-corrected chi connectivity index (χ1v) is 20.5. The van der Waals surface area contributed by atoms with Gasteiger partial charge < -0.3 is 53.8 Å². The zero-order valence-electron chi connectivity index (χ0n) is 35.7. The van der Waals surface area contributed by atoms with E-state index in [2.05, 4.69) is 20.7 Å². The molecular weight excluding hydrogens is 837 g/mol. The third-order valence-electron chi connectivity index (χ3n) is 10.8. The largest absolute Gasteiger partial charge is 0.481 e. The maximum Gasteiger partial charge on any atom is 0.410 e. The average Bonchev–Trinajstić information content (AvgIpc) is 3.28. The van der Waals surface area contributed by atoms with Crippen molar-refractivity contribution in [1.82, 2.24) is 15.5 Å². The van der Waals surface area contributed by atoms with Crippen molar-refractivity contribution in [3.05, 3.63) is 118 Å². The minimum absolute atomic E-state index is 0.00987. The normalized spacial score (nSPS) is 24.3. The molecule has 0 radical (unpaired) electrons. The van der Waals surface area contributed by atoms with Crippen LogP contribution in [0.15, 0.2) is 96.1 Å². The van der Waals surface area contributed by atoms with Crippen LogP contribution in [0.25, 0.3) is 10.4 Å². The lowest BCUT2D eigenvalue weighted by Crippen LogP contribution is -2.72. The van der Waals surface area contributed by atoms with Gasteiger partial charge in [0.1, 0.15) is 25.9 Å². The summed E-state index contributed by atoms with van der Waals surface area (Å²) in [6.07, 6.45) is -10.4. The number of nitrogens with one attached hydrogen (secondary N) is 2. The number of alkyl carbamates (subject to hydrolysis) is 2. The zero-order chi connectivity index (χ0) is 46.2. The molecule has 1 unspecified atom stereocenters. The molecular formula is C44H52N6O14. The minimum Gasteiger partial charge on any atom is -0.481 e. The zero-order valence-corrected chi connectivity index (χ0v) is 35.7. The first kappa shape index (κ1) is 48.1. The first-order chi connectivity index (χ1) is 30.7. The summed E-state index contributed by atoms with van der Waals surface area (Å²) in [6.45, 7) is 3.42. The Morgan fingerprint density at radius 2 is 1.22 bits per heavy atom. The third-order valence-corrected chi connectivity index (χ3v) is 10.8. The SMILES string of the molecule is CC(=O)O[C@H]1[C@H](OC2O[C@H]([C@H](C)N(C)C(=O)OCc3ccccc3)CC[C@H]2N=[N+]=[N-])[C@@H](NC(=O)OCc2ccccc2)[C@H](CC(=O)O)[C@@H](NC(=O)OCc2ccccc2)[C@@H]1OC(C)=O. The number of hydrogen-bond acceptors (Lipinski definition) is 14. The van der Waals surface area contributed by atoms with Crippen LogP contribution in [0.4, 0.5) is 14.4 Å².